The van der Waals surface area contributed by atoms with E-state index in [4.69, 9.17) is 0 Å². The second-order valence-electron chi connectivity index (χ2n) is 6.09. The first kappa shape index (κ1) is 14.5. The zero-order valence-corrected chi connectivity index (χ0v) is 12.8. The highest BCUT2D eigenvalue weighted by Crippen LogP contribution is 2.48. The molecular formula is C17H19N3O2. The van der Waals surface area contributed by atoms with Crippen LogP contribution in [0.2, 0.25) is 0 Å². The number of nitro groups is 1. The predicted molar refractivity (Wildman–Crippen MR) is 86.3 cm³/mol. The van der Waals surface area contributed by atoms with Crippen LogP contribution >= 0.6 is 0 Å². The Hall–Kier alpha value is -2.43. The molecule has 0 unspecified atom stereocenters. The summed E-state index contributed by atoms with van der Waals surface area (Å²) in [6, 6.07) is 12.1. The number of anilines is 1. The molecule has 1 fully saturated rings. The topological polar surface area (TPSA) is 59.3 Å². The number of aryl methyl sites for hydroxylation is 1. The molecule has 1 aromatic heterocycles. The second kappa shape index (κ2) is 5.40. The van der Waals surface area contributed by atoms with Gasteiger partial charge in [0.1, 0.15) is 12.0 Å². The van der Waals surface area contributed by atoms with Gasteiger partial charge >= 0.3 is 0 Å². The summed E-state index contributed by atoms with van der Waals surface area (Å²) in [4.78, 5) is 16.8. The average molecular weight is 297 g/mol. The molecule has 0 radical (unpaired) electrons. The van der Waals surface area contributed by atoms with Crippen LogP contribution in [0.25, 0.3) is 0 Å². The summed E-state index contributed by atoms with van der Waals surface area (Å²) in [5.74, 6) is 0.813. The lowest BCUT2D eigenvalue weighted by Gasteiger charge is -2.26. The predicted octanol–water partition coefficient (Wildman–Crippen LogP) is 3.47. The fourth-order valence-corrected chi connectivity index (χ4v) is 3.06. The van der Waals surface area contributed by atoms with Gasteiger partial charge in [-0.1, -0.05) is 30.3 Å². The lowest BCUT2D eigenvalue weighted by molar-refractivity contribution is -0.385. The molecule has 3 rings (SSSR count). The maximum Gasteiger partial charge on any atom is 0.287 e. The molecule has 5 nitrogen and oxygen atoms in total. The summed E-state index contributed by atoms with van der Waals surface area (Å²) in [7, 11) is 2.00. The molecule has 1 aliphatic carbocycles. The van der Waals surface area contributed by atoms with Crippen LogP contribution in [0.15, 0.2) is 42.6 Å². The van der Waals surface area contributed by atoms with Crippen molar-refractivity contribution >= 4 is 11.5 Å². The summed E-state index contributed by atoms with van der Waals surface area (Å²) in [5.41, 5.74) is 2.44. The lowest BCUT2D eigenvalue weighted by atomic mass is 9.95. The van der Waals surface area contributed by atoms with Crippen molar-refractivity contribution in [2.45, 2.75) is 25.2 Å². The van der Waals surface area contributed by atoms with E-state index in [0.717, 1.165) is 17.9 Å². The van der Waals surface area contributed by atoms with Gasteiger partial charge in [0, 0.05) is 25.1 Å². The monoisotopic (exact) mass is 297 g/mol. The standard InChI is InChI=1S/C17H19N3O2/c1-13-10-15(20(21)22)11-18-16(13)19(2)12-17(8-9-17)14-6-4-3-5-7-14/h3-7,10-11H,8-9,12H2,1-2H3. The molecular weight excluding hydrogens is 278 g/mol. The van der Waals surface area contributed by atoms with Gasteiger partial charge < -0.3 is 4.90 Å². The van der Waals surface area contributed by atoms with Gasteiger partial charge in [0.15, 0.2) is 0 Å². The summed E-state index contributed by atoms with van der Waals surface area (Å²) in [5, 5.41) is 10.8. The highest BCUT2D eigenvalue weighted by atomic mass is 16.6. The molecule has 1 heterocycles. The summed E-state index contributed by atoms with van der Waals surface area (Å²) < 4.78 is 0. The minimum absolute atomic E-state index is 0.0406. The van der Waals surface area contributed by atoms with Crippen LogP contribution in [-0.4, -0.2) is 23.5 Å². The van der Waals surface area contributed by atoms with Crippen LogP contribution in [0.1, 0.15) is 24.0 Å². The molecule has 0 bridgehead atoms. The summed E-state index contributed by atoms with van der Waals surface area (Å²) in [6.07, 6.45) is 3.68. The zero-order chi connectivity index (χ0) is 15.7. The van der Waals surface area contributed by atoms with Crippen LogP contribution in [0.4, 0.5) is 11.5 Å². The molecule has 0 saturated heterocycles. The van der Waals surface area contributed by atoms with Gasteiger partial charge in [0.05, 0.1) is 4.92 Å². The normalized spacial score (nSPS) is 15.4. The SMILES string of the molecule is Cc1cc([N+](=O)[O-])cnc1N(C)CC1(c2ccccc2)CC1. The first-order chi connectivity index (χ1) is 10.5. The highest BCUT2D eigenvalue weighted by Gasteiger charge is 2.45. The fourth-order valence-electron chi connectivity index (χ4n) is 3.06. The lowest BCUT2D eigenvalue weighted by Crippen LogP contribution is -2.30. The van der Waals surface area contributed by atoms with E-state index in [1.165, 1.54) is 24.6 Å². The second-order valence-corrected chi connectivity index (χ2v) is 6.09. The Morgan fingerprint density at radius 1 is 1.32 bits per heavy atom. The van der Waals surface area contributed by atoms with E-state index < -0.39 is 4.92 Å². The number of likely N-dealkylation sites (N-methyl/N-ethyl adjacent to an activating group) is 1. The van der Waals surface area contributed by atoms with Crippen molar-refractivity contribution in [3.8, 4) is 0 Å². The van der Waals surface area contributed by atoms with Crippen molar-refractivity contribution in [3.63, 3.8) is 0 Å². The quantitative estimate of drug-likeness (QED) is 0.626. The molecule has 0 atom stereocenters. The Kier molecular flexibility index (Phi) is 3.56. The molecule has 5 heteroatoms. The average Bonchev–Trinajstić information content (AvgIpc) is 3.28. The first-order valence-electron chi connectivity index (χ1n) is 7.39. The van der Waals surface area contributed by atoms with E-state index >= 15 is 0 Å². The fraction of sp³-hybridized carbons (Fsp3) is 0.353. The number of hydrogen-bond acceptors (Lipinski definition) is 4. The smallest absolute Gasteiger partial charge is 0.287 e. The van der Waals surface area contributed by atoms with Gasteiger partial charge in [0.25, 0.3) is 5.69 Å². The number of rotatable bonds is 5. The van der Waals surface area contributed by atoms with Crippen LogP contribution < -0.4 is 4.90 Å². The van der Waals surface area contributed by atoms with E-state index in [1.807, 2.05) is 20.0 Å². The van der Waals surface area contributed by atoms with Crippen LogP contribution in [0.5, 0.6) is 0 Å². The van der Waals surface area contributed by atoms with Crippen LogP contribution in [0.3, 0.4) is 0 Å². The van der Waals surface area contributed by atoms with Crippen molar-refractivity contribution in [2.75, 3.05) is 18.5 Å². The molecule has 0 aliphatic heterocycles. The van der Waals surface area contributed by atoms with Gasteiger partial charge in [0.2, 0.25) is 0 Å². The molecule has 1 aromatic carbocycles. The summed E-state index contributed by atoms with van der Waals surface area (Å²) in [6.45, 7) is 2.75. The van der Waals surface area contributed by atoms with Crippen molar-refractivity contribution in [1.82, 2.24) is 4.98 Å². The third-order valence-electron chi connectivity index (χ3n) is 4.39. The molecule has 22 heavy (non-hydrogen) atoms. The molecule has 2 aromatic rings. The van der Waals surface area contributed by atoms with E-state index in [2.05, 4.69) is 34.1 Å². The molecule has 0 spiro atoms. The van der Waals surface area contributed by atoms with Gasteiger partial charge in [-0.3, -0.25) is 10.1 Å². The van der Waals surface area contributed by atoms with Gasteiger partial charge in [-0.25, -0.2) is 4.98 Å². The third-order valence-corrected chi connectivity index (χ3v) is 4.39. The van der Waals surface area contributed by atoms with E-state index in [0.29, 0.717) is 0 Å². The highest BCUT2D eigenvalue weighted by molar-refractivity contribution is 5.51. The molecule has 1 saturated carbocycles. The van der Waals surface area contributed by atoms with Crippen molar-refractivity contribution in [3.05, 3.63) is 63.8 Å². The Labute approximate surface area is 129 Å². The van der Waals surface area contributed by atoms with Crippen molar-refractivity contribution in [1.29, 1.82) is 0 Å². The zero-order valence-electron chi connectivity index (χ0n) is 12.8. The van der Waals surface area contributed by atoms with Gasteiger partial charge in [-0.15, -0.1) is 0 Å². The van der Waals surface area contributed by atoms with E-state index in [9.17, 15) is 10.1 Å². The van der Waals surface area contributed by atoms with Gasteiger partial charge in [-0.05, 0) is 30.9 Å². The Balaban J connectivity index is 1.81. The maximum atomic E-state index is 10.8. The third kappa shape index (κ3) is 2.66. The first-order valence-corrected chi connectivity index (χ1v) is 7.39. The van der Waals surface area contributed by atoms with E-state index in [-0.39, 0.29) is 11.1 Å². The largest absolute Gasteiger partial charge is 0.359 e. The minimum atomic E-state index is -0.407. The van der Waals surface area contributed by atoms with Gasteiger partial charge in [-0.2, -0.15) is 0 Å². The minimum Gasteiger partial charge on any atom is -0.359 e. The number of hydrogen-bond donors (Lipinski definition) is 0. The Bertz CT molecular complexity index is 696. The Morgan fingerprint density at radius 3 is 2.55 bits per heavy atom. The maximum absolute atomic E-state index is 10.8. The number of pyridine rings is 1. The van der Waals surface area contributed by atoms with Crippen LogP contribution in [0, 0.1) is 17.0 Å². The molecule has 114 valence electrons. The summed E-state index contributed by atoms with van der Waals surface area (Å²) >= 11 is 0. The number of aromatic nitrogens is 1. The van der Waals surface area contributed by atoms with Crippen molar-refractivity contribution in [2.24, 2.45) is 0 Å². The van der Waals surface area contributed by atoms with E-state index in [1.54, 1.807) is 6.07 Å². The molecule has 1 aliphatic rings. The van der Waals surface area contributed by atoms with Crippen molar-refractivity contribution < 1.29 is 4.92 Å². The Morgan fingerprint density at radius 2 is 2.00 bits per heavy atom. The molecule has 0 amide bonds. The number of nitrogens with zero attached hydrogens (tertiary/aromatic N) is 3. The van der Waals surface area contributed by atoms with Crippen LogP contribution in [-0.2, 0) is 5.41 Å². The number of benzene rings is 1. The molecule has 0 N–H and O–H groups in total.